The first-order valence-electron chi connectivity index (χ1n) is 10.2. The normalized spacial score (nSPS) is 16.1. The van der Waals surface area contributed by atoms with Crippen molar-refractivity contribution in [2.75, 3.05) is 11.9 Å². The predicted octanol–water partition coefficient (Wildman–Crippen LogP) is 4.62. The molecule has 1 N–H and O–H groups in total. The summed E-state index contributed by atoms with van der Waals surface area (Å²) in [6.07, 6.45) is 0. The maximum atomic E-state index is 13.2. The van der Waals surface area contributed by atoms with Gasteiger partial charge in [-0.3, -0.25) is 9.48 Å². The SMILES string of the molecule is CC(C#N)Nc1cc(Cl)ccc1-c1cc2n(n1)[C@@H](C)CN(Cc1ccc(C#N)cc1)C2=O. The van der Waals surface area contributed by atoms with Crippen LogP contribution in [0.4, 0.5) is 5.69 Å². The third-order valence-corrected chi connectivity index (χ3v) is 5.66. The van der Waals surface area contributed by atoms with Crippen LogP contribution in [-0.2, 0) is 6.54 Å². The van der Waals surface area contributed by atoms with Crippen LogP contribution in [0.5, 0.6) is 0 Å². The Morgan fingerprint density at radius 3 is 2.66 bits per heavy atom. The number of hydrogen-bond acceptors (Lipinski definition) is 5. The van der Waals surface area contributed by atoms with Gasteiger partial charge in [-0.05, 0) is 55.8 Å². The third-order valence-electron chi connectivity index (χ3n) is 5.42. The van der Waals surface area contributed by atoms with Crippen molar-refractivity contribution < 1.29 is 4.79 Å². The zero-order valence-corrected chi connectivity index (χ0v) is 18.5. The van der Waals surface area contributed by atoms with E-state index in [-0.39, 0.29) is 11.9 Å². The summed E-state index contributed by atoms with van der Waals surface area (Å²) >= 11 is 6.17. The van der Waals surface area contributed by atoms with Crippen molar-refractivity contribution in [1.29, 1.82) is 10.5 Å². The molecule has 1 unspecified atom stereocenters. The number of anilines is 1. The van der Waals surface area contributed by atoms with Gasteiger partial charge in [-0.25, -0.2) is 0 Å². The Morgan fingerprint density at radius 2 is 1.97 bits per heavy atom. The molecule has 4 rings (SSSR count). The Morgan fingerprint density at radius 1 is 1.22 bits per heavy atom. The van der Waals surface area contributed by atoms with Gasteiger partial charge < -0.3 is 10.2 Å². The molecule has 7 nitrogen and oxygen atoms in total. The van der Waals surface area contributed by atoms with E-state index >= 15 is 0 Å². The number of amides is 1. The number of nitrogens with one attached hydrogen (secondary N) is 1. The van der Waals surface area contributed by atoms with Crippen LogP contribution in [0, 0.1) is 22.7 Å². The number of carbonyl (C=O) groups excluding carboxylic acids is 1. The molecule has 0 saturated heterocycles. The first kappa shape index (κ1) is 21.4. The molecule has 2 heterocycles. The molecule has 160 valence electrons. The fourth-order valence-electron chi connectivity index (χ4n) is 3.83. The van der Waals surface area contributed by atoms with E-state index in [0.29, 0.717) is 40.8 Å². The number of carbonyl (C=O) groups is 1. The number of rotatable bonds is 5. The average molecular weight is 445 g/mol. The highest BCUT2D eigenvalue weighted by Gasteiger charge is 2.31. The number of nitriles is 2. The Balaban J connectivity index is 1.65. The summed E-state index contributed by atoms with van der Waals surface area (Å²) in [6, 6.07) is 18.2. The van der Waals surface area contributed by atoms with Crippen LogP contribution in [0.25, 0.3) is 11.3 Å². The maximum absolute atomic E-state index is 13.2. The number of benzene rings is 2. The topological polar surface area (TPSA) is 97.7 Å². The van der Waals surface area contributed by atoms with Crippen LogP contribution in [0.15, 0.2) is 48.5 Å². The average Bonchev–Trinajstić information content (AvgIpc) is 3.24. The molecular formula is C24H21ClN6O. The van der Waals surface area contributed by atoms with Gasteiger partial charge in [-0.1, -0.05) is 23.7 Å². The lowest BCUT2D eigenvalue weighted by atomic mass is 10.1. The second-order valence-corrected chi connectivity index (χ2v) is 8.32. The van der Waals surface area contributed by atoms with E-state index in [9.17, 15) is 10.1 Å². The molecule has 0 radical (unpaired) electrons. The predicted molar refractivity (Wildman–Crippen MR) is 122 cm³/mol. The molecule has 0 spiro atoms. The zero-order chi connectivity index (χ0) is 22.8. The molecule has 8 heteroatoms. The molecule has 0 fully saturated rings. The van der Waals surface area contributed by atoms with Crippen molar-refractivity contribution in [3.8, 4) is 23.4 Å². The van der Waals surface area contributed by atoms with Crippen LogP contribution in [0.1, 0.15) is 41.5 Å². The van der Waals surface area contributed by atoms with Crippen LogP contribution in [0.2, 0.25) is 5.02 Å². The quantitative estimate of drug-likeness (QED) is 0.619. The van der Waals surface area contributed by atoms with Gasteiger partial charge in [-0.15, -0.1) is 0 Å². The molecule has 1 aliphatic heterocycles. The molecule has 2 atom stereocenters. The van der Waals surface area contributed by atoms with E-state index in [4.69, 9.17) is 22.0 Å². The van der Waals surface area contributed by atoms with Crippen LogP contribution >= 0.6 is 11.6 Å². The van der Waals surface area contributed by atoms with Crippen molar-refractivity contribution >= 4 is 23.2 Å². The Bertz CT molecular complexity index is 1250. The van der Waals surface area contributed by atoms with Crippen molar-refractivity contribution in [3.63, 3.8) is 0 Å². The van der Waals surface area contributed by atoms with Gasteiger partial charge in [0.05, 0.1) is 29.4 Å². The minimum Gasteiger partial charge on any atom is -0.369 e. The van der Waals surface area contributed by atoms with Gasteiger partial charge >= 0.3 is 0 Å². The highest BCUT2D eigenvalue weighted by Crippen LogP contribution is 2.33. The molecule has 1 aliphatic rings. The Kier molecular flexibility index (Phi) is 5.85. The first-order chi connectivity index (χ1) is 15.4. The number of hydrogen-bond donors (Lipinski definition) is 1. The van der Waals surface area contributed by atoms with Crippen molar-refractivity contribution in [2.24, 2.45) is 0 Å². The van der Waals surface area contributed by atoms with Gasteiger partial charge in [0.2, 0.25) is 0 Å². The fraction of sp³-hybridized carbons (Fsp3) is 0.250. The number of halogens is 1. The highest BCUT2D eigenvalue weighted by molar-refractivity contribution is 6.31. The maximum Gasteiger partial charge on any atom is 0.272 e. The van der Waals surface area contributed by atoms with E-state index in [1.54, 1.807) is 46.8 Å². The van der Waals surface area contributed by atoms with Gasteiger partial charge in [-0.2, -0.15) is 15.6 Å². The summed E-state index contributed by atoms with van der Waals surface area (Å²) in [5.41, 5.74) is 4.18. The van der Waals surface area contributed by atoms with E-state index in [1.807, 2.05) is 25.1 Å². The van der Waals surface area contributed by atoms with Gasteiger partial charge in [0.1, 0.15) is 11.7 Å². The van der Waals surface area contributed by atoms with Gasteiger partial charge in [0.15, 0.2) is 0 Å². The standard InChI is InChI=1S/C24H21ClN6O/c1-15(11-26)28-21-9-19(25)7-8-20(21)22-10-23-24(32)30(13-16(2)31(23)29-22)14-18-5-3-17(12-27)4-6-18/h3-10,15-16,28H,13-14H2,1-2H3/t15?,16-/m0/s1. The van der Waals surface area contributed by atoms with Crippen molar-refractivity contribution in [3.05, 3.63) is 70.4 Å². The Hall–Kier alpha value is -3.81. The summed E-state index contributed by atoms with van der Waals surface area (Å²) in [5.74, 6) is -0.0972. The minimum atomic E-state index is -0.409. The highest BCUT2D eigenvalue weighted by atomic mass is 35.5. The molecule has 2 aromatic carbocycles. The van der Waals surface area contributed by atoms with E-state index in [1.165, 1.54) is 0 Å². The second kappa shape index (κ2) is 8.74. The Labute approximate surface area is 191 Å². The number of aromatic nitrogens is 2. The lowest BCUT2D eigenvalue weighted by Gasteiger charge is -2.31. The van der Waals surface area contributed by atoms with E-state index in [0.717, 1.165) is 11.1 Å². The summed E-state index contributed by atoms with van der Waals surface area (Å²) in [6.45, 7) is 4.78. The molecule has 1 aromatic heterocycles. The summed E-state index contributed by atoms with van der Waals surface area (Å²) in [5, 5.41) is 26.5. The number of nitrogens with zero attached hydrogens (tertiary/aromatic N) is 5. The first-order valence-corrected chi connectivity index (χ1v) is 10.6. The number of fused-ring (bicyclic) bond motifs is 1. The zero-order valence-electron chi connectivity index (χ0n) is 17.7. The summed E-state index contributed by atoms with van der Waals surface area (Å²) < 4.78 is 1.76. The summed E-state index contributed by atoms with van der Waals surface area (Å²) in [4.78, 5) is 15.0. The molecule has 0 bridgehead atoms. The molecule has 0 aliphatic carbocycles. The molecular weight excluding hydrogens is 424 g/mol. The van der Waals surface area contributed by atoms with Crippen LogP contribution < -0.4 is 5.32 Å². The monoisotopic (exact) mass is 444 g/mol. The largest absolute Gasteiger partial charge is 0.369 e. The molecule has 32 heavy (non-hydrogen) atoms. The van der Waals surface area contributed by atoms with Crippen LogP contribution in [0.3, 0.4) is 0 Å². The molecule has 3 aromatic rings. The van der Waals surface area contributed by atoms with Crippen LogP contribution in [-0.4, -0.2) is 33.2 Å². The minimum absolute atomic E-state index is 0.00317. The summed E-state index contributed by atoms with van der Waals surface area (Å²) in [7, 11) is 0. The lowest BCUT2D eigenvalue weighted by Crippen LogP contribution is -2.41. The third kappa shape index (κ3) is 4.16. The van der Waals surface area contributed by atoms with Gasteiger partial charge in [0, 0.05) is 29.4 Å². The fourth-order valence-corrected chi connectivity index (χ4v) is 4.00. The molecule has 0 saturated carbocycles. The second-order valence-electron chi connectivity index (χ2n) is 7.89. The van der Waals surface area contributed by atoms with Crippen molar-refractivity contribution in [1.82, 2.24) is 14.7 Å². The van der Waals surface area contributed by atoms with Gasteiger partial charge in [0.25, 0.3) is 5.91 Å². The van der Waals surface area contributed by atoms with Crippen molar-refractivity contribution in [2.45, 2.75) is 32.5 Å². The smallest absolute Gasteiger partial charge is 0.272 e. The van der Waals surface area contributed by atoms with E-state index in [2.05, 4.69) is 17.5 Å². The molecule has 1 amide bonds. The van der Waals surface area contributed by atoms with E-state index < -0.39 is 6.04 Å². The lowest BCUT2D eigenvalue weighted by molar-refractivity contribution is 0.0651.